The second-order valence-electron chi connectivity index (χ2n) is 6.14. The summed E-state index contributed by atoms with van der Waals surface area (Å²) in [5.41, 5.74) is 0.593. The lowest BCUT2D eigenvalue weighted by atomic mass is 10.0. The van der Waals surface area contributed by atoms with Gasteiger partial charge in [0, 0.05) is 24.3 Å². The van der Waals surface area contributed by atoms with Crippen LogP contribution in [0.3, 0.4) is 0 Å². The Kier molecular flexibility index (Phi) is 6.22. The third-order valence-corrected chi connectivity index (χ3v) is 3.91. The molecule has 0 saturated carbocycles. The molecule has 0 bridgehead atoms. The molecule has 0 saturated heterocycles. The molecule has 26 heavy (non-hydrogen) atoms. The summed E-state index contributed by atoms with van der Waals surface area (Å²) in [6, 6.07) is 7.27. The number of carbonyl (C=O) groups excluding carboxylic acids is 1. The lowest BCUT2D eigenvalue weighted by Gasteiger charge is -2.27. The van der Waals surface area contributed by atoms with Gasteiger partial charge < -0.3 is 14.8 Å². The van der Waals surface area contributed by atoms with Gasteiger partial charge in [0.2, 0.25) is 0 Å². The lowest BCUT2D eigenvalue weighted by Crippen LogP contribution is -2.52. The summed E-state index contributed by atoms with van der Waals surface area (Å²) in [5, 5.41) is 3.65. The summed E-state index contributed by atoms with van der Waals surface area (Å²) in [7, 11) is 1.53. The number of rotatable bonds is 7. The molecule has 0 spiro atoms. The molecule has 1 heterocycles. The van der Waals surface area contributed by atoms with E-state index >= 15 is 0 Å². The number of methoxy groups -OCH3 is 1. The van der Waals surface area contributed by atoms with Gasteiger partial charge in [-0.3, -0.25) is 9.78 Å². The normalized spacial score (nSPS) is 13.9. The highest BCUT2D eigenvalue weighted by Gasteiger charge is 2.28. The Morgan fingerprint density at radius 3 is 2.77 bits per heavy atom. The third kappa shape index (κ3) is 4.53. The smallest absolute Gasteiger partial charge is 0.262 e. The third-order valence-electron chi connectivity index (χ3n) is 3.91. The Bertz CT molecular complexity index is 879. The fourth-order valence-electron chi connectivity index (χ4n) is 2.50. The van der Waals surface area contributed by atoms with E-state index in [-0.39, 0.29) is 12.5 Å². The average molecular weight is 350 g/mol. The molecule has 2 unspecified atom stereocenters. The van der Waals surface area contributed by atoms with Gasteiger partial charge in [0.1, 0.15) is 11.3 Å². The summed E-state index contributed by atoms with van der Waals surface area (Å²) in [4.78, 5) is 16.9. The maximum absolute atomic E-state index is 12.6. The van der Waals surface area contributed by atoms with E-state index in [1.807, 2.05) is 25.1 Å². The molecule has 0 fully saturated rings. The predicted octanol–water partition coefficient (Wildman–Crippen LogP) is 2.53. The summed E-state index contributed by atoms with van der Waals surface area (Å²) in [5.74, 6) is 5.37. The van der Waals surface area contributed by atoms with Crippen molar-refractivity contribution < 1.29 is 14.3 Å². The number of pyridine rings is 1. The first-order valence-corrected chi connectivity index (χ1v) is 8.26. The van der Waals surface area contributed by atoms with E-state index < -0.39 is 11.6 Å². The van der Waals surface area contributed by atoms with Crippen LogP contribution in [0.5, 0.6) is 5.75 Å². The van der Waals surface area contributed by atoms with Crippen molar-refractivity contribution in [1.29, 1.82) is 0 Å². The van der Waals surface area contributed by atoms with E-state index in [0.29, 0.717) is 17.7 Å². The summed E-state index contributed by atoms with van der Waals surface area (Å²) in [6.45, 7) is 3.80. The van der Waals surface area contributed by atoms with Gasteiger partial charge in [-0.25, -0.2) is 0 Å². The Morgan fingerprint density at radius 1 is 1.38 bits per heavy atom. The first kappa shape index (κ1) is 19.3. The van der Waals surface area contributed by atoms with Crippen molar-refractivity contribution in [3.63, 3.8) is 0 Å². The van der Waals surface area contributed by atoms with Crippen LogP contribution in [-0.4, -0.2) is 36.3 Å². The first-order chi connectivity index (χ1) is 12.4. The zero-order valence-corrected chi connectivity index (χ0v) is 15.2. The SMILES string of the molecule is C#Cc1cnc2ccc(OC(CC)C(=O)NC(C)(C#C)COC)cc2c1. The molecule has 0 aliphatic rings. The number of terminal acetylenes is 2. The maximum Gasteiger partial charge on any atom is 0.262 e. The van der Waals surface area contributed by atoms with Crippen LogP contribution >= 0.6 is 0 Å². The van der Waals surface area contributed by atoms with Crippen LogP contribution in [0.1, 0.15) is 25.8 Å². The lowest BCUT2D eigenvalue weighted by molar-refractivity contribution is -0.129. The number of nitrogens with zero attached hydrogens (tertiary/aromatic N) is 1. The molecule has 2 atom stereocenters. The Labute approximate surface area is 154 Å². The van der Waals surface area contributed by atoms with Crippen LogP contribution in [0.2, 0.25) is 0 Å². The highest BCUT2D eigenvalue weighted by molar-refractivity contribution is 5.83. The topological polar surface area (TPSA) is 60.5 Å². The van der Waals surface area contributed by atoms with Gasteiger partial charge in [-0.1, -0.05) is 18.8 Å². The molecule has 134 valence electrons. The molecule has 0 aliphatic heterocycles. The first-order valence-electron chi connectivity index (χ1n) is 8.26. The van der Waals surface area contributed by atoms with Crippen LogP contribution in [-0.2, 0) is 9.53 Å². The number of hydrogen-bond acceptors (Lipinski definition) is 4. The molecule has 0 radical (unpaired) electrons. The molecule has 1 aromatic carbocycles. The number of ether oxygens (including phenoxy) is 2. The number of amides is 1. The van der Waals surface area contributed by atoms with E-state index in [2.05, 4.69) is 22.1 Å². The second-order valence-corrected chi connectivity index (χ2v) is 6.14. The van der Waals surface area contributed by atoms with E-state index in [9.17, 15) is 4.79 Å². The number of fused-ring (bicyclic) bond motifs is 1. The van der Waals surface area contributed by atoms with Crippen molar-refractivity contribution >= 4 is 16.8 Å². The molecular weight excluding hydrogens is 328 g/mol. The van der Waals surface area contributed by atoms with Gasteiger partial charge >= 0.3 is 0 Å². The molecule has 1 aromatic heterocycles. The fraction of sp³-hybridized carbons (Fsp3) is 0.333. The molecule has 5 heteroatoms. The Balaban J connectivity index is 2.19. The minimum atomic E-state index is -0.891. The van der Waals surface area contributed by atoms with Crippen molar-refractivity contribution in [3.8, 4) is 30.4 Å². The highest BCUT2D eigenvalue weighted by atomic mass is 16.5. The van der Waals surface area contributed by atoms with Crippen LogP contribution in [0.15, 0.2) is 30.5 Å². The second kappa shape index (κ2) is 8.38. The van der Waals surface area contributed by atoms with E-state index in [4.69, 9.17) is 22.3 Å². The quantitative estimate of drug-likeness (QED) is 0.780. The van der Waals surface area contributed by atoms with Crippen LogP contribution in [0.4, 0.5) is 0 Å². The molecule has 1 amide bonds. The molecular formula is C21H22N2O3. The Hall–Kier alpha value is -3.02. The fourth-order valence-corrected chi connectivity index (χ4v) is 2.50. The van der Waals surface area contributed by atoms with Gasteiger partial charge in [0.05, 0.1) is 12.1 Å². The number of hydrogen-bond donors (Lipinski definition) is 1. The molecule has 2 rings (SSSR count). The number of benzene rings is 1. The van der Waals surface area contributed by atoms with Crippen molar-refractivity contribution in [3.05, 3.63) is 36.0 Å². The van der Waals surface area contributed by atoms with E-state index in [1.165, 1.54) is 7.11 Å². The van der Waals surface area contributed by atoms with Crippen LogP contribution in [0.25, 0.3) is 10.9 Å². The minimum absolute atomic E-state index is 0.210. The Morgan fingerprint density at radius 2 is 2.15 bits per heavy atom. The van der Waals surface area contributed by atoms with Gasteiger partial charge in [-0.2, -0.15) is 0 Å². The van der Waals surface area contributed by atoms with Crippen molar-refractivity contribution in [2.24, 2.45) is 0 Å². The van der Waals surface area contributed by atoms with Crippen LogP contribution < -0.4 is 10.1 Å². The summed E-state index contributed by atoms with van der Waals surface area (Å²) in [6.07, 6.45) is 12.4. The molecule has 5 nitrogen and oxygen atoms in total. The molecule has 1 N–H and O–H groups in total. The van der Waals surface area contributed by atoms with E-state index in [1.54, 1.807) is 19.2 Å². The van der Waals surface area contributed by atoms with Crippen molar-refractivity contribution in [1.82, 2.24) is 10.3 Å². The standard InChI is InChI=1S/C21H22N2O3/c1-6-15-11-16-12-17(9-10-18(16)22-13-15)26-19(7-2)20(24)23-21(4,8-3)14-25-5/h1,3,9-13,19H,7,14H2,2,4-5H3,(H,23,24). The average Bonchev–Trinajstić information content (AvgIpc) is 2.65. The van der Waals surface area contributed by atoms with Crippen molar-refractivity contribution in [2.75, 3.05) is 13.7 Å². The monoisotopic (exact) mass is 350 g/mol. The number of aromatic nitrogens is 1. The van der Waals surface area contributed by atoms with Gasteiger partial charge in [-0.05, 0) is 37.6 Å². The number of nitrogens with one attached hydrogen (secondary N) is 1. The largest absolute Gasteiger partial charge is 0.481 e. The summed E-state index contributed by atoms with van der Waals surface area (Å²) < 4.78 is 11.0. The zero-order chi connectivity index (χ0) is 19.2. The highest BCUT2D eigenvalue weighted by Crippen LogP contribution is 2.22. The van der Waals surface area contributed by atoms with Gasteiger partial charge in [0.25, 0.3) is 5.91 Å². The zero-order valence-electron chi connectivity index (χ0n) is 15.2. The molecule has 2 aromatic rings. The van der Waals surface area contributed by atoms with Crippen molar-refractivity contribution in [2.45, 2.75) is 31.9 Å². The van der Waals surface area contributed by atoms with Crippen LogP contribution in [0, 0.1) is 24.7 Å². The van der Waals surface area contributed by atoms with Gasteiger partial charge in [0.15, 0.2) is 6.10 Å². The maximum atomic E-state index is 12.6. The number of carbonyl (C=O) groups is 1. The minimum Gasteiger partial charge on any atom is -0.481 e. The van der Waals surface area contributed by atoms with E-state index in [0.717, 1.165) is 10.9 Å². The predicted molar refractivity (Wildman–Crippen MR) is 102 cm³/mol. The summed E-state index contributed by atoms with van der Waals surface area (Å²) >= 11 is 0. The van der Waals surface area contributed by atoms with Gasteiger partial charge in [-0.15, -0.1) is 12.8 Å². The molecule has 0 aliphatic carbocycles.